The maximum atomic E-state index is 9.37. The summed E-state index contributed by atoms with van der Waals surface area (Å²) < 4.78 is 0. The fourth-order valence-corrected chi connectivity index (χ4v) is 3.41. The summed E-state index contributed by atoms with van der Waals surface area (Å²) in [6.07, 6.45) is 5.33. The minimum absolute atomic E-state index is 0.175. The Kier molecular flexibility index (Phi) is 6.49. The molecule has 1 rings (SSSR count). The second-order valence-corrected chi connectivity index (χ2v) is 8.25. The monoisotopic (exact) mass is 284 g/mol. The molecule has 120 valence electrons. The maximum Gasteiger partial charge on any atom is 0.0584 e. The zero-order valence-corrected chi connectivity index (χ0v) is 14.5. The second-order valence-electron chi connectivity index (χ2n) is 8.25. The van der Waals surface area contributed by atoms with Crippen LogP contribution in [-0.4, -0.2) is 48.3 Å². The van der Waals surface area contributed by atoms with Gasteiger partial charge in [0, 0.05) is 24.7 Å². The van der Waals surface area contributed by atoms with Crippen LogP contribution in [0.15, 0.2) is 0 Å². The molecule has 0 bridgehead atoms. The van der Waals surface area contributed by atoms with E-state index in [1.165, 1.54) is 25.7 Å². The van der Waals surface area contributed by atoms with Crippen LogP contribution in [0.2, 0.25) is 0 Å². The zero-order valence-electron chi connectivity index (χ0n) is 14.5. The van der Waals surface area contributed by atoms with Gasteiger partial charge in [0.25, 0.3) is 0 Å². The van der Waals surface area contributed by atoms with E-state index < -0.39 is 0 Å². The summed E-state index contributed by atoms with van der Waals surface area (Å²) in [6.45, 7) is 13.6. The molecule has 3 atom stereocenters. The van der Waals surface area contributed by atoms with Gasteiger partial charge in [0.1, 0.15) is 0 Å². The van der Waals surface area contributed by atoms with Gasteiger partial charge in [0.15, 0.2) is 0 Å². The molecule has 0 amide bonds. The molecular formula is C17H36N2O. The molecule has 2 N–H and O–H groups in total. The Hall–Kier alpha value is -0.120. The number of nitrogens with one attached hydrogen (secondary N) is 1. The number of likely N-dealkylation sites (N-methyl/N-ethyl adjacent to an activating group) is 1. The van der Waals surface area contributed by atoms with Crippen molar-refractivity contribution in [3.63, 3.8) is 0 Å². The van der Waals surface area contributed by atoms with Crippen LogP contribution < -0.4 is 5.32 Å². The van der Waals surface area contributed by atoms with E-state index in [0.29, 0.717) is 5.41 Å². The average molecular weight is 284 g/mol. The van der Waals surface area contributed by atoms with Crippen molar-refractivity contribution < 1.29 is 5.11 Å². The lowest BCUT2D eigenvalue weighted by Crippen LogP contribution is -2.51. The summed E-state index contributed by atoms with van der Waals surface area (Å²) in [5.41, 5.74) is 0.540. The molecule has 3 heteroatoms. The standard InChI is InChI=1S/C17H36N2O/c1-14-8-7-9-17(10-14,12-18-16(3,4)5)13-19(6)15(2)11-20/h14-15,18,20H,7-13H2,1-6H3. The molecule has 0 aromatic carbocycles. The molecule has 0 radical (unpaired) electrons. The minimum Gasteiger partial charge on any atom is -0.395 e. The third kappa shape index (κ3) is 5.71. The van der Waals surface area contributed by atoms with Crippen molar-refractivity contribution in [2.75, 3.05) is 26.7 Å². The molecule has 0 spiro atoms. The number of rotatable bonds is 6. The van der Waals surface area contributed by atoms with Gasteiger partial charge in [0.05, 0.1) is 6.61 Å². The highest BCUT2D eigenvalue weighted by Crippen LogP contribution is 2.40. The Balaban J connectivity index is 2.73. The van der Waals surface area contributed by atoms with Gasteiger partial charge in [-0.3, -0.25) is 0 Å². The Morgan fingerprint density at radius 3 is 2.55 bits per heavy atom. The van der Waals surface area contributed by atoms with Gasteiger partial charge in [-0.1, -0.05) is 19.8 Å². The summed E-state index contributed by atoms with van der Waals surface area (Å²) in [5.74, 6) is 0.823. The topological polar surface area (TPSA) is 35.5 Å². The van der Waals surface area contributed by atoms with E-state index in [1.54, 1.807) is 0 Å². The van der Waals surface area contributed by atoms with Crippen LogP contribution in [0.25, 0.3) is 0 Å². The molecule has 0 aliphatic heterocycles. The van der Waals surface area contributed by atoms with Gasteiger partial charge in [0.2, 0.25) is 0 Å². The molecular weight excluding hydrogens is 248 g/mol. The molecule has 1 saturated carbocycles. The van der Waals surface area contributed by atoms with E-state index in [9.17, 15) is 5.11 Å². The van der Waals surface area contributed by atoms with Crippen LogP contribution in [0.3, 0.4) is 0 Å². The Bertz CT molecular complexity index is 287. The van der Waals surface area contributed by atoms with Crippen LogP contribution >= 0.6 is 0 Å². The third-order valence-corrected chi connectivity index (χ3v) is 4.78. The molecule has 1 fully saturated rings. The quantitative estimate of drug-likeness (QED) is 0.787. The lowest BCUT2D eigenvalue weighted by Gasteiger charge is -2.45. The van der Waals surface area contributed by atoms with Crippen molar-refractivity contribution >= 4 is 0 Å². The number of aliphatic hydroxyl groups excluding tert-OH is 1. The highest BCUT2D eigenvalue weighted by molar-refractivity contribution is 4.91. The Morgan fingerprint density at radius 2 is 2.05 bits per heavy atom. The SMILES string of the molecule is CC1CCCC(CNC(C)(C)C)(CN(C)C(C)CO)C1. The predicted molar refractivity (Wildman–Crippen MR) is 87.0 cm³/mol. The van der Waals surface area contributed by atoms with Crippen LogP contribution in [0.5, 0.6) is 0 Å². The van der Waals surface area contributed by atoms with Crippen LogP contribution in [0.1, 0.15) is 60.3 Å². The van der Waals surface area contributed by atoms with Crippen LogP contribution in [-0.2, 0) is 0 Å². The van der Waals surface area contributed by atoms with Crippen molar-refractivity contribution in [1.29, 1.82) is 0 Å². The summed E-state index contributed by atoms with van der Waals surface area (Å²) in [6, 6.07) is 0.249. The first-order valence-electron chi connectivity index (χ1n) is 8.24. The summed E-state index contributed by atoms with van der Waals surface area (Å²) in [5, 5.41) is 13.1. The normalized spacial score (nSPS) is 29.7. The van der Waals surface area contributed by atoms with Crippen molar-refractivity contribution in [2.45, 2.75) is 71.9 Å². The van der Waals surface area contributed by atoms with E-state index in [0.717, 1.165) is 19.0 Å². The first-order valence-corrected chi connectivity index (χ1v) is 8.24. The molecule has 0 aromatic heterocycles. The average Bonchev–Trinajstić information content (AvgIpc) is 2.34. The lowest BCUT2D eigenvalue weighted by molar-refractivity contribution is 0.0552. The van der Waals surface area contributed by atoms with Crippen molar-refractivity contribution in [3.8, 4) is 0 Å². The fraction of sp³-hybridized carbons (Fsp3) is 1.00. The zero-order chi connectivity index (χ0) is 15.4. The van der Waals surface area contributed by atoms with Gasteiger partial charge in [-0.25, -0.2) is 0 Å². The molecule has 3 unspecified atom stereocenters. The molecule has 0 aromatic rings. The number of hydrogen-bond acceptors (Lipinski definition) is 3. The molecule has 1 aliphatic carbocycles. The van der Waals surface area contributed by atoms with Crippen molar-refractivity contribution in [2.24, 2.45) is 11.3 Å². The molecule has 3 nitrogen and oxygen atoms in total. The third-order valence-electron chi connectivity index (χ3n) is 4.78. The van der Waals surface area contributed by atoms with E-state index in [1.807, 2.05) is 0 Å². The first-order chi connectivity index (χ1) is 9.17. The van der Waals surface area contributed by atoms with Crippen molar-refractivity contribution in [3.05, 3.63) is 0 Å². The van der Waals surface area contributed by atoms with Crippen molar-refractivity contribution in [1.82, 2.24) is 10.2 Å². The van der Waals surface area contributed by atoms with E-state index in [4.69, 9.17) is 0 Å². The van der Waals surface area contributed by atoms with Gasteiger partial charge < -0.3 is 15.3 Å². The van der Waals surface area contributed by atoms with E-state index >= 15 is 0 Å². The molecule has 0 heterocycles. The molecule has 1 aliphatic rings. The molecule has 0 saturated heterocycles. The highest BCUT2D eigenvalue weighted by Gasteiger charge is 2.37. The largest absolute Gasteiger partial charge is 0.395 e. The van der Waals surface area contributed by atoms with Gasteiger partial charge in [-0.05, 0) is 58.9 Å². The van der Waals surface area contributed by atoms with Gasteiger partial charge in [-0.15, -0.1) is 0 Å². The predicted octanol–water partition coefficient (Wildman–Crippen LogP) is 2.88. The number of aliphatic hydroxyl groups is 1. The number of nitrogens with zero attached hydrogens (tertiary/aromatic N) is 1. The van der Waals surface area contributed by atoms with Gasteiger partial charge >= 0.3 is 0 Å². The Labute approximate surface area is 126 Å². The van der Waals surface area contributed by atoms with E-state index in [-0.39, 0.29) is 18.2 Å². The smallest absolute Gasteiger partial charge is 0.0584 e. The first kappa shape index (κ1) is 17.9. The minimum atomic E-state index is 0.175. The second kappa shape index (κ2) is 7.24. The highest BCUT2D eigenvalue weighted by atomic mass is 16.3. The molecule has 20 heavy (non-hydrogen) atoms. The Morgan fingerprint density at radius 1 is 1.40 bits per heavy atom. The van der Waals surface area contributed by atoms with Crippen LogP contribution in [0.4, 0.5) is 0 Å². The van der Waals surface area contributed by atoms with E-state index in [2.05, 4.69) is 51.9 Å². The summed E-state index contributed by atoms with van der Waals surface area (Å²) in [4.78, 5) is 2.34. The number of hydrogen-bond donors (Lipinski definition) is 2. The summed E-state index contributed by atoms with van der Waals surface area (Å²) in [7, 11) is 2.15. The lowest BCUT2D eigenvalue weighted by atomic mass is 9.69. The van der Waals surface area contributed by atoms with Crippen LogP contribution in [0, 0.1) is 11.3 Å². The van der Waals surface area contributed by atoms with Gasteiger partial charge in [-0.2, -0.15) is 0 Å². The summed E-state index contributed by atoms with van der Waals surface area (Å²) >= 11 is 0. The maximum absolute atomic E-state index is 9.37. The fourth-order valence-electron chi connectivity index (χ4n) is 3.41.